The Morgan fingerprint density at radius 2 is 2.31 bits per heavy atom. The largest absolute Gasteiger partial charge is 0.344 e. The summed E-state index contributed by atoms with van der Waals surface area (Å²) in [5, 5.41) is 0. The predicted octanol–water partition coefficient (Wildman–Crippen LogP) is 1.15. The Morgan fingerprint density at radius 3 is 2.77 bits per heavy atom. The molecule has 0 bridgehead atoms. The monoisotopic (exact) mass is 184 g/mol. The molecule has 0 aliphatic carbocycles. The van der Waals surface area contributed by atoms with E-state index in [4.69, 9.17) is 5.73 Å². The van der Waals surface area contributed by atoms with Crippen molar-refractivity contribution in [1.29, 1.82) is 0 Å². The van der Waals surface area contributed by atoms with Crippen LogP contribution in [-0.2, 0) is 4.79 Å². The van der Waals surface area contributed by atoms with E-state index in [0.717, 1.165) is 19.4 Å². The zero-order valence-corrected chi connectivity index (χ0v) is 8.62. The van der Waals surface area contributed by atoms with Crippen LogP contribution in [0.15, 0.2) is 12.7 Å². The Labute approximate surface area is 80.6 Å². The molecule has 0 saturated carbocycles. The molecular weight excluding hydrogens is 164 g/mol. The van der Waals surface area contributed by atoms with E-state index in [2.05, 4.69) is 6.58 Å². The second-order valence-electron chi connectivity index (χ2n) is 3.21. The van der Waals surface area contributed by atoms with Gasteiger partial charge in [-0.2, -0.15) is 0 Å². The third kappa shape index (κ3) is 4.68. The van der Waals surface area contributed by atoms with E-state index in [1.54, 1.807) is 11.9 Å². The molecule has 1 amide bonds. The molecule has 0 rings (SSSR count). The zero-order chi connectivity index (χ0) is 10.3. The van der Waals surface area contributed by atoms with Gasteiger partial charge in [0.15, 0.2) is 0 Å². The average molecular weight is 184 g/mol. The normalized spacial score (nSPS) is 12.2. The fourth-order valence-corrected chi connectivity index (χ4v) is 1.04. The number of hydrogen-bond acceptors (Lipinski definition) is 2. The molecule has 1 atom stereocenters. The van der Waals surface area contributed by atoms with Gasteiger partial charge in [0, 0.05) is 13.6 Å². The summed E-state index contributed by atoms with van der Waals surface area (Å²) < 4.78 is 0. The minimum absolute atomic E-state index is 0.0339. The number of hydrogen-bond donors (Lipinski definition) is 1. The molecule has 3 heteroatoms. The highest BCUT2D eigenvalue weighted by Gasteiger charge is 2.14. The van der Waals surface area contributed by atoms with E-state index >= 15 is 0 Å². The summed E-state index contributed by atoms with van der Waals surface area (Å²) >= 11 is 0. The van der Waals surface area contributed by atoms with Gasteiger partial charge in [0.2, 0.25) is 5.91 Å². The van der Waals surface area contributed by atoms with Crippen LogP contribution in [0, 0.1) is 0 Å². The molecule has 3 nitrogen and oxygen atoms in total. The van der Waals surface area contributed by atoms with Crippen molar-refractivity contribution in [1.82, 2.24) is 4.90 Å². The highest BCUT2D eigenvalue weighted by molar-refractivity contribution is 5.81. The summed E-state index contributed by atoms with van der Waals surface area (Å²) in [5.41, 5.74) is 5.61. The highest BCUT2D eigenvalue weighted by atomic mass is 16.2. The van der Waals surface area contributed by atoms with Gasteiger partial charge in [-0.1, -0.05) is 13.0 Å². The van der Waals surface area contributed by atoms with E-state index in [1.165, 1.54) is 0 Å². The van der Waals surface area contributed by atoms with Crippen molar-refractivity contribution in [3.8, 4) is 0 Å². The minimum atomic E-state index is -0.339. The molecule has 0 aromatic carbocycles. The van der Waals surface area contributed by atoms with Crippen molar-refractivity contribution in [2.45, 2.75) is 32.2 Å². The molecule has 13 heavy (non-hydrogen) atoms. The SMILES string of the molecule is C=CCCCN(C)C(=O)C(N)CC. The maximum atomic E-state index is 11.4. The van der Waals surface area contributed by atoms with Gasteiger partial charge < -0.3 is 10.6 Å². The summed E-state index contributed by atoms with van der Waals surface area (Å²) in [6.45, 7) is 6.30. The quantitative estimate of drug-likeness (QED) is 0.497. The van der Waals surface area contributed by atoms with Crippen LogP contribution in [0.2, 0.25) is 0 Å². The highest BCUT2D eigenvalue weighted by Crippen LogP contribution is 1.97. The van der Waals surface area contributed by atoms with Gasteiger partial charge in [0.05, 0.1) is 6.04 Å². The Balaban J connectivity index is 3.75. The number of allylic oxidation sites excluding steroid dienone is 1. The van der Waals surface area contributed by atoms with Crippen molar-refractivity contribution in [3.05, 3.63) is 12.7 Å². The lowest BCUT2D eigenvalue weighted by Gasteiger charge is -2.20. The van der Waals surface area contributed by atoms with E-state index in [-0.39, 0.29) is 11.9 Å². The summed E-state index contributed by atoms with van der Waals surface area (Å²) in [6, 6.07) is -0.339. The van der Waals surface area contributed by atoms with E-state index in [1.807, 2.05) is 13.0 Å². The Hall–Kier alpha value is -0.830. The topological polar surface area (TPSA) is 46.3 Å². The predicted molar refractivity (Wildman–Crippen MR) is 55.3 cm³/mol. The molecule has 0 aliphatic rings. The van der Waals surface area contributed by atoms with Crippen LogP contribution in [0.3, 0.4) is 0 Å². The first-order valence-corrected chi connectivity index (χ1v) is 4.75. The smallest absolute Gasteiger partial charge is 0.239 e. The number of carbonyl (C=O) groups is 1. The second-order valence-corrected chi connectivity index (χ2v) is 3.21. The standard InChI is InChI=1S/C10H20N2O/c1-4-6-7-8-12(3)10(13)9(11)5-2/h4,9H,1,5-8,11H2,2-3H3. The molecule has 0 fully saturated rings. The number of likely N-dealkylation sites (N-methyl/N-ethyl adjacent to an activating group) is 1. The number of carbonyl (C=O) groups excluding carboxylic acids is 1. The average Bonchev–Trinajstić information content (AvgIpc) is 2.15. The van der Waals surface area contributed by atoms with Crippen LogP contribution in [0.25, 0.3) is 0 Å². The summed E-state index contributed by atoms with van der Waals surface area (Å²) in [4.78, 5) is 13.1. The molecule has 0 aromatic rings. The van der Waals surface area contributed by atoms with Crippen LogP contribution in [0.1, 0.15) is 26.2 Å². The second kappa shape index (κ2) is 6.66. The lowest BCUT2D eigenvalue weighted by molar-refractivity contribution is -0.131. The van der Waals surface area contributed by atoms with Gasteiger partial charge in [-0.05, 0) is 19.3 Å². The van der Waals surface area contributed by atoms with E-state index < -0.39 is 0 Å². The number of nitrogens with zero attached hydrogens (tertiary/aromatic N) is 1. The molecule has 0 aliphatic heterocycles. The van der Waals surface area contributed by atoms with Gasteiger partial charge >= 0.3 is 0 Å². The molecule has 76 valence electrons. The Kier molecular flexibility index (Phi) is 6.24. The lowest BCUT2D eigenvalue weighted by atomic mass is 10.2. The number of amides is 1. The number of unbranched alkanes of at least 4 members (excludes halogenated alkanes) is 1. The first-order chi connectivity index (χ1) is 6.13. The number of nitrogens with two attached hydrogens (primary N) is 1. The van der Waals surface area contributed by atoms with Crippen LogP contribution in [-0.4, -0.2) is 30.4 Å². The van der Waals surface area contributed by atoms with Crippen molar-refractivity contribution in [2.24, 2.45) is 5.73 Å². The van der Waals surface area contributed by atoms with Crippen molar-refractivity contribution >= 4 is 5.91 Å². The maximum absolute atomic E-state index is 11.4. The minimum Gasteiger partial charge on any atom is -0.344 e. The van der Waals surface area contributed by atoms with Crippen molar-refractivity contribution in [2.75, 3.05) is 13.6 Å². The Bertz CT molecular complexity index is 168. The van der Waals surface area contributed by atoms with Gasteiger partial charge in [-0.25, -0.2) is 0 Å². The fraction of sp³-hybridized carbons (Fsp3) is 0.700. The van der Waals surface area contributed by atoms with Crippen LogP contribution >= 0.6 is 0 Å². The van der Waals surface area contributed by atoms with Gasteiger partial charge in [-0.15, -0.1) is 6.58 Å². The molecule has 2 N–H and O–H groups in total. The van der Waals surface area contributed by atoms with Gasteiger partial charge in [-0.3, -0.25) is 4.79 Å². The van der Waals surface area contributed by atoms with Crippen LogP contribution in [0.5, 0.6) is 0 Å². The first-order valence-electron chi connectivity index (χ1n) is 4.75. The van der Waals surface area contributed by atoms with Gasteiger partial charge in [0.25, 0.3) is 0 Å². The summed E-state index contributed by atoms with van der Waals surface area (Å²) in [5.74, 6) is 0.0339. The molecule has 0 aromatic heterocycles. The lowest BCUT2D eigenvalue weighted by Crippen LogP contribution is -2.41. The number of rotatable bonds is 6. The maximum Gasteiger partial charge on any atom is 0.239 e. The van der Waals surface area contributed by atoms with Crippen molar-refractivity contribution in [3.63, 3.8) is 0 Å². The third-order valence-corrected chi connectivity index (χ3v) is 2.04. The van der Waals surface area contributed by atoms with E-state index in [9.17, 15) is 4.79 Å². The Morgan fingerprint density at radius 1 is 1.69 bits per heavy atom. The summed E-state index contributed by atoms with van der Waals surface area (Å²) in [7, 11) is 1.79. The molecule has 0 heterocycles. The van der Waals surface area contributed by atoms with Gasteiger partial charge in [0.1, 0.15) is 0 Å². The summed E-state index contributed by atoms with van der Waals surface area (Å²) in [6.07, 6.45) is 4.46. The zero-order valence-electron chi connectivity index (χ0n) is 8.62. The molecule has 0 saturated heterocycles. The van der Waals surface area contributed by atoms with Crippen LogP contribution < -0.4 is 5.73 Å². The fourth-order valence-electron chi connectivity index (χ4n) is 1.04. The van der Waals surface area contributed by atoms with Crippen molar-refractivity contribution < 1.29 is 4.79 Å². The molecule has 1 unspecified atom stereocenters. The molecule has 0 spiro atoms. The van der Waals surface area contributed by atoms with Crippen LogP contribution in [0.4, 0.5) is 0 Å². The molecular formula is C10H20N2O. The third-order valence-electron chi connectivity index (χ3n) is 2.04. The van der Waals surface area contributed by atoms with E-state index in [0.29, 0.717) is 6.42 Å². The first kappa shape index (κ1) is 12.2. The molecule has 0 radical (unpaired) electrons.